The summed E-state index contributed by atoms with van der Waals surface area (Å²) in [5.74, 6) is 0.849. The minimum Gasteiger partial charge on any atom is -0.358 e. The zero-order chi connectivity index (χ0) is 16.4. The zero-order valence-corrected chi connectivity index (χ0v) is 14.3. The highest BCUT2D eigenvalue weighted by atomic mass is 32.1. The van der Waals surface area contributed by atoms with E-state index in [0.717, 1.165) is 30.0 Å². The minimum atomic E-state index is -0.0881. The second-order valence-electron chi connectivity index (χ2n) is 6.00. The number of aromatic nitrogens is 2. The van der Waals surface area contributed by atoms with Gasteiger partial charge in [-0.15, -0.1) is 0 Å². The van der Waals surface area contributed by atoms with Gasteiger partial charge in [0.25, 0.3) is 5.56 Å². The Balaban J connectivity index is 2.00. The van der Waals surface area contributed by atoms with E-state index in [1.165, 1.54) is 0 Å². The summed E-state index contributed by atoms with van der Waals surface area (Å²) in [6, 6.07) is 10.6. The Bertz CT molecular complexity index is 796. The van der Waals surface area contributed by atoms with Gasteiger partial charge in [-0.2, -0.15) is 0 Å². The van der Waals surface area contributed by atoms with Crippen molar-refractivity contribution in [2.24, 2.45) is 0 Å². The number of rotatable bonds is 4. The molecule has 0 amide bonds. The van der Waals surface area contributed by atoms with Crippen LogP contribution >= 0.6 is 12.2 Å². The lowest BCUT2D eigenvalue weighted by molar-refractivity contribution is 0.200. The van der Waals surface area contributed by atoms with Gasteiger partial charge in [0, 0.05) is 12.6 Å². The van der Waals surface area contributed by atoms with E-state index in [1.807, 2.05) is 22.8 Å². The van der Waals surface area contributed by atoms with Crippen LogP contribution in [-0.4, -0.2) is 27.2 Å². The van der Waals surface area contributed by atoms with Gasteiger partial charge in [-0.1, -0.05) is 37.3 Å². The molecule has 6 heteroatoms. The molecule has 1 aliphatic rings. The van der Waals surface area contributed by atoms with E-state index in [9.17, 15) is 4.79 Å². The molecule has 1 aromatic heterocycles. The van der Waals surface area contributed by atoms with Gasteiger partial charge >= 0.3 is 0 Å². The number of fused-ring (bicyclic) bond motifs is 1. The van der Waals surface area contributed by atoms with Gasteiger partial charge in [-0.05, 0) is 31.1 Å². The van der Waals surface area contributed by atoms with Crippen molar-refractivity contribution in [2.75, 3.05) is 12.0 Å². The molecule has 0 aliphatic carbocycles. The molecule has 5 nitrogen and oxygen atoms in total. The molecular formula is C17H22N4OS. The quantitative estimate of drug-likeness (QED) is 0.847. The SMILES string of the molecule is CC[C@H](C)N1CNc2c(c(=O)[nH]c(=S)n2Cc2ccccc2)C1. The van der Waals surface area contributed by atoms with Gasteiger partial charge < -0.3 is 9.88 Å². The summed E-state index contributed by atoms with van der Waals surface area (Å²) >= 11 is 5.38. The normalized spacial score (nSPS) is 15.7. The monoisotopic (exact) mass is 330 g/mol. The van der Waals surface area contributed by atoms with Gasteiger partial charge in [-0.25, -0.2) is 0 Å². The molecule has 0 saturated heterocycles. The van der Waals surface area contributed by atoms with Crippen molar-refractivity contribution in [3.63, 3.8) is 0 Å². The topological polar surface area (TPSA) is 53.1 Å². The average Bonchev–Trinajstić information content (AvgIpc) is 2.58. The number of hydrogen-bond donors (Lipinski definition) is 2. The average molecular weight is 330 g/mol. The Morgan fingerprint density at radius 1 is 1.30 bits per heavy atom. The molecule has 1 atom stereocenters. The fourth-order valence-corrected chi connectivity index (χ4v) is 3.13. The Morgan fingerprint density at radius 2 is 2.04 bits per heavy atom. The number of anilines is 1. The Kier molecular flexibility index (Phi) is 4.63. The Morgan fingerprint density at radius 3 is 2.74 bits per heavy atom. The molecule has 0 unspecified atom stereocenters. The van der Waals surface area contributed by atoms with Crippen molar-refractivity contribution in [1.82, 2.24) is 14.5 Å². The zero-order valence-electron chi connectivity index (χ0n) is 13.5. The van der Waals surface area contributed by atoms with Gasteiger partial charge in [0.05, 0.1) is 18.8 Å². The van der Waals surface area contributed by atoms with E-state index in [-0.39, 0.29) is 5.56 Å². The van der Waals surface area contributed by atoms with E-state index in [0.29, 0.717) is 23.9 Å². The van der Waals surface area contributed by atoms with Gasteiger partial charge in [0.1, 0.15) is 5.82 Å². The molecule has 122 valence electrons. The van der Waals surface area contributed by atoms with Crippen LogP contribution in [0.5, 0.6) is 0 Å². The largest absolute Gasteiger partial charge is 0.358 e. The summed E-state index contributed by atoms with van der Waals surface area (Å²) < 4.78 is 2.44. The molecule has 0 fully saturated rings. The second-order valence-corrected chi connectivity index (χ2v) is 6.38. The lowest BCUT2D eigenvalue weighted by Gasteiger charge is -2.34. The predicted molar refractivity (Wildman–Crippen MR) is 95.2 cm³/mol. The van der Waals surface area contributed by atoms with Crippen LogP contribution in [0.15, 0.2) is 35.1 Å². The van der Waals surface area contributed by atoms with E-state index in [4.69, 9.17) is 12.2 Å². The van der Waals surface area contributed by atoms with Crippen molar-refractivity contribution in [1.29, 1.82) is 0 Å². The molecule has 1 aliphatic heterocycles. The van der Waals surface area contributed by atoms with Crippen LogP contribution in [0.25, 0.3) is 0 Å². The number of nitrogens with zero attached hydrogens (tertiary/aromatic N) is 2. The maximum atomic E-state index is 12.3. The molecule has 0 radical (unpaired) electrons. The molecule has 0 bridgehead atoms. The summed E-state index contributed by atoms with van der Waals surface area (Å²) in [6.45, 7) is 6.37. The van der Waals surface area contributed by atoms with Crippen molar-refractivity contribution in [3.05, 3.63) is 56.6 Å². The highest BCUT2D eigenvalue weighted by molar-refractivity contribution is 7.71. The summed E-state index contributed by atoms with van der Waals surface area (Å²) in [7, 11) is 0. The summed E-state index contributed by atoms with van der Waals surface area (Å²) in [5, 5.41) is 3.40. The molecule has 2 aromatic rings. The fourth-order valence-electron chi connectivity index (χ4n) is 2.88. The first-order valence-electron chi connectivity index (χ1n) is 7.98. The number of nitrogens with one attached hydrogen (secondary N) is 2. The first-order valence-corrected chi connectivity index (χ1v) is 8.38. The number of aromatic amines is 1. The standard InChI is InChI=1S/C17H22N4OS/c1-3-12(2)20-10-14-15(18-11-20)21(17(23)19-16(14)22)9-13-7-5-4-6-8-13/h4-8,12,18H,3,9-11H2,1-2H3,(H,19,22,23)/t12-/m0/s1. The third kappa shape index (κ3) is 3.23. The number of benzene rings is 1. The van der Waals surface area contributed by atoms with Crippen LogP contribution in [0, 0.1) is 4.77 Å². The number of hydrogen-bond acceptors (Lipinski definition) is 4. The van der Waals surface area contributed by atoms with Crippen LogP contribution in [-0.2, 0) is 13.1 Å². The van der Waals surface area contributed by atoms with Gasteiger partial charge in [0.2, 0.25) is 0 Å². The lowest BCUT2D eigenvalue weighted by atomic mass is 10.1. The van der Waals surface area contributed by atoms with Crippen LogP contribution in [0.4, 0.5) is 5.82 Å². The number of H-pyrrole nitrogens is 1. The fraction of sp³-hybridized carbons (Fsp3) is 0.412. The van der Waals surface area contributed by atoms with Crippen molar-refractivity contribution in [2.45, 2.75) is 39.4 Å². The molecule has 3 rings (SSSR count). The molecule has 0 saturated carbocycles. The smallest absolute Gasteiger partial charge is 0.258 e. The second kappa shape index (κ2) is 6.68. The molecule has 23 heavy (non-hydrogen) atoms. The van der Waals surface area contributed by atoms with Crippen LogP contribution in [0.3, 0.4) is 0 Å². The van der Waals surface area contributed by atoms with Gasteiger partial charge in [0.15, 0.2) is 4.77 Å². The van der Waals surface area contributed by atoms with E-state index < -0.39 is 0 Å². The van der Waals surface area contributed by atoms with Crippen molar-refractivity contribution >= 4 is 18.0 Å². The molecular weight excluding hydrogens is 308 g/mol. The third-order valence-corrected chi connectivity index (χ3v) is 4.83. The maximum absolute atomic E-state index is 12.3. The molecule has 2 N–H and O–H groups in total. The molecule has 1 aromatic carbocycles. The predicted octanol–water partition coefficient (Wildman–Crippen LogP) is 2.94. The molecule has 0 spiro atoms. The Labute approximate surface area is 141 Å². The van der Waals surface area contributed by atoms with E-state index >= 15 is 0 Å². The summed E-state index contributed by atoms with van der Waals surface area (Å²) in [5.41, 5.74) is 1.83. The van der Waals surface area contributed by atoms with Crippen molar-refractivity contribution < 1.29 is 0 Å². The lowest BCUT2D eigenvalue weighted by Crippen LogP contribution is -2.43. The van der Waals surface area contributed by atoms with Gasteiger partial charge in [-0.3, -0.25) is 14.7 Å². The third-order valence-electron chi connectivity index (χ3n) is 4.50. The van der Waals surface area contributed by atoms with E-state index in [2.05, 4.69) is 41.2 Å². The summed E-state index contributed by atoms with van der Waals surface area (Å²) in [6.07, 6.45) is 1.05. The van der Waals surface area contributed by atoms with Crippen LogP contribution < -0.4 is 10.9 Å². The highest BCUT2D eigenvalue weighted by Crippen LogP contribution is 2.22. The maximum Gasteiger partial charge on any atom is 0.258 e. The first-order chi connectivity index (χ1) is 11.1. The van der Waals surface area contributed by atoms with E-state index in [1.54, 1.807) is 0 Å². The van der Waals surface area contributed by atoms with Crippen LogP contribution in [0.2, 0.25) is 0 Å². The highest BCUT2D eigenvalue weighted by Gasteiger charge is 2.24. The molecule has 2 heterocycles. The summed E-state index contributed by atoms with van der Waals surface area (Å²) in [4.78, 5) is 17.4. The minimum absolute atomic E-state index is 0.0881. The van der Waals surface area contributed by atoms with Crippen molar-refractivity contribution in [3.8, 4) is 0 Å². The van der Waals surface area contributed by atoms with Crippen LogP contribution in [0.1, 0.15) is 31.4 Å². The first kappa shape index (κ1) is 16.0. The Hall–Kier alpha value is -1.92.